The second kappa shape index (κ2) is 12.1. The smallest absolute Gasteiger partial charge is 0.394 e. The third-order valence-electron chi connectivity index (χ3n) is 7.31. The van der Waals surface area contributed by atoms with Crippen molar-refractivity contribution < 1.29 is 28.2 Å². The predicted molar refractivity (Wildman–Crippen MR) is 158 cm³/mol. The third kappa shape index (κ3) is 6.12. The molecule has 4 aromatic rings. The van der Waals surface area contributed by atoms with Crippen LogP contribution in [0.1, 0.15) is 45.5 Å². The lowest BCUT2D eigenvalue weighted by atomic mass is 9.98. The maximum absolute atomic E-state index is 14.1. The molecule has 11 nitrogen and oxygen atoms in total. The average Bonchev–Trinajstić information content (AvgIpc) is 3.32. The summed E-state index contributed by atoms with van der Waals surface area (Å²) >= 11 is 2.91. The molecular weight excluding hydrogens is 647 g/mol. The van der Waals surface area contributed by atoms with Crippen molar-refractivity contribution in [2.45, 2.75) is 52.1 Å². The number of nitrogens with zero attached hydrogens (tertiary/aromatic N) is 6. The van der Waals surface area contributed by atoms with Crippen LogP contribution in [0.2, 0.25) is 0 Å². The number of rotatable bonds is 7. The van der Waals surface area contributed by atoms with Gasteiger partial charge in [-0.15, -0.1) is 0 Å². The normalized spacial score (nSPS) is 15.7. The van der Waals surface area contributed by atoms with Gasteiger partial charge in [-0.05, 0) is 63.6 Å². The number of pyridine rings is 1. The van der Waals surface area contributed by atoms with Crippen molar-refractivity contribution >= 4 is 27.7 Å². The van der Waals surface area contributed by atoms with Crippen LogP contribution in [0, 0.1) is 13.8 Å². The number of hydrogen-bond acceptors (Lipinski definition) is 8. The van der Waals surface area contributed by atoms with Gasteiger partial charge < -0.3 is 20.4 Å². The maximum Gasteiger partial charge on any atom is 0.417 e. The molecular formula is C29H29BrF3N7O4. The number of alkyl halides is 3. The van der Waals surface area contributed by atoms with Crippen molar-refractivity contribution in [3.63, 3.8) is 0 Å². The largest absolute Gasteiger partial charge is 0.417 e. The SMILES string of the molecule is Cc1cc(C)n(-c2nc3c(c(=O)n2-c2ccc(NC[C@H](O)CO)nc2)C[C@@H](C)N(C(=O)c2ccc(Br)c(C(F)(F)F)c2)C3)n1. The zero-order valence-corrected chi connectivity index (χ0v) is 25.5. The molecule has 1 aliphatic rings. The topological polar surface area (TPSA) is 138 Å². The highest BCUT2D eigenvalue weighted by Gasteiger charge is 2.36. The second-order valence-corrected chi connectivity index (χ2v) is 11.5. The highest BCUT2D eigenvalue weighted by atomic mass is 79.9. The van der Waals surface area contributed by atoms with Gasteiger partial charge in [-0.2, -0.15) is 18.3 Å². The van der Waals surface area contributed by atoms with E-state index in [4.69, 9.17) is 10.1 Å². The van der Waals surface area contributed by atoms with Crippen LogP contribution in [-0.4, -0.2) is 70.6 Å². The minimum absolute atomic E-state index is 0.0745. The van der Waals surface area contributed by atoms with Crippen LogP contribution in [0.4, 0.5) is 19.0 Å². The van der Waals surface area contributed by atoms with Crippen LogP contribution >= 0.6 is 15.9 Å². The molecule has 1 amide bonds. The number of carbonyl (C=O) groups excluding carboxylic acids is 1. The highest BCUT2D eigenvalue weighted by Crippen LogP contribution is 2.36. The fourth-order valence-corrected chi connectivity index (χ4v) is 5.55. The Morgan fingerprint density at radius 1 is 1.20 bits per heavy atom. The summed E-state index contributed by atoms with van der Waals surface area (Å²) in [5.74, 6) is -0.0433. The molecule has 0 aliphatic carbocycles. The first-order valence-electron chi connectivity index (χ1n) is 13.6. The summed E-state index contributed by atoms with van der Waals surface area (Å²) in [7, 11) is 0. The molecule has 5 rings (SSSR count). The van der Waals surface area contributed by atoms with E-state index >= 15 is 0 Å². The van der Waals surface area contributed by atoms with Gasteiger partial charge in [-0.1, -0.05) is 15.9 Å². The van der Waals surface area contributed by atoms with E-state index in [-0.39, 0.29) is 35.5 Å². The lowest BCUT2D eigenvalue weighted by molar-refractivity contribution is -0.138. The number of fused-ring (bicyclic) bond motifs is 1. The van der Waals surface area contributed by atoms with Gasteiger partial charge in [0.05, 0.1) is 48.1 Å². The lowest BCUT2D eigenvalue weighted by Crippen LogP contribution is -2.46. The summed E-state index contributed by atoms with van der Waals surface area (Å²) in [6.45, 7) is 4.90. The van der Waals surface area contributed by atoms with Crippen LogP contribution in [0.15, 0.2) is 51.9 Å². The number of amides is 1. The number of nitrogens with one attached hydrogen (secondary N) is 1. The molecule has 3 N–H and O–H groups in total. The molecule has 2 atom stereocenters. The van der Waals surface area contributed by atoms with Gasteiger partial charge in [-0.3, -0.25) is 9.59 Å². The van der Waals surface area contributed by atoms with Crippen molar-refractivity contribution in [3.05, 3.63) is 91.2 Å². The maximum atomic E-state index is 14.1. The van der Waals surface area contributed by atoms with E-state index < -0.39 is 42.0 Å². The fourth-order valence-electron chi connectivity index (χ4n) is 5.08. The van der Waals surface area contributed by atoms with E-state index in [0.29, 0.717) is 34.2 Å². The first kappa shape index (κ1) is 31.3. The number of aromatic nitrogens is 5. The lowest BCUT2D eigenvalue weighted by Gasteiger charge is -2.34. The van der Waals surface area contributed by atoms with Crippen LogP contribution in [0.25, 0.3) is 11.6 Å². The summed E-state index contributed by atoms with van der Waals surface area (Å²) in [5.41, 5.74) is 0.972. The Labute approximate surface area is 258 Å². The Bertz CT molecular complexity index is 1770. The number of benzene rings is 1. The monoisotopic (exact) mass is 675 g/mol. The van der Waals surface area contributed by atoms with E-state index in [1.807, 2.05) is 6.07 Å². The summed E-state index contributed by atoms with van der Waals surface area (Å²) < 4.78 is 43.3. The Kier molecular flexibility index (Phi) is 8.64. The van der Waals surface area contributed by atoms with Crippen molar-refractivity contribution in [2.24, 2.45) is 0 Å². The molecule has 232 valence electrons. The number of aliphatic hydroxyl groups excluding tert-OH is 2. The molecule has 1 aromatic carbocycles. The zero-order valence-electron chi connectivity index (χ0n) is 23.9. The van der Waals surface area contributed by atoms with E-state index in [9.17, 15) is 27.9 Å². The molecule has 0 saturated heterocycles. The van der Waals surface area contributed by atoms with Gasteiger partial charge in [0.15, 0.2) is 0 Å². The summed E-state index contributed by atoms with van der Waals surface area (Å²) in [5, 5.41) is 26.1. The highest BCUT2D eigenvalue weighted by molar-refractivity contribution is 9.10. The molecule has 44 heavy (non-hydrogen) atoms. The Hall–Kier alpha value is -4.08. The molecule has 0 bridgehead atoms. The molecule has 0 spiro atoms. The second-order valence-electron chi connectivity index (χ2n) is 10.6. The standard InChI is InChI=1S/C29H29BrF3N7O4/c1-15-8-17(3)40(37-15)28-36-24-13-38(26(43)18-4-6-23(30)22(10-18)29(31,32)33)16(2)9-21(24)27(44)39(28)19-5-7-25(34-11-19)35-12-20(42)14-41/h4-8,10-11,16,20,41-42H,9,12-14H2,1-3H3,(H,34,35)/t16-,20+/m1/s1. The molecule has 0 unspecified atom stereocenters. The first-order chi connectivity index (χ1) is 20.8. The Morgan fingerprint density at radius 3 is 2.57 bits per heavy atom. The van der Waals surface area contributed by atoms with Crippen molar-refractivity contribution in [3.8, 4) is 11.6 Å². The van der Waals surface area contributed by atoms with Gasteiger partial charge >= 0.3 is 6.18 Å². The Morgan fingerprint density at radius 2 is 1.95 bits per heavy atom. The van der Waals surface area contributed by atoms with Crippen molar-refractivity contribution in [1.82, 2.24) is 29.2 Å². The van der Waals surface area contributed by atoms with E-state index in [0.717, 1.165) is 6.07 Å². The third-order valence-corrected chi connectivity index (χ3v) is 8.00. The zero-order chi connectivity index (χ0) is 31.9. The van der Waals surface area contributed by atoms with Crippen molar-refractivity contribution in [1.29, 1.82) is 0 Å². The van der Waals surface area contributed by atoms with Gasteiger partial charge in [-0.25, -0.2) is 19.2 Å². The molecule has 3 aromatic heterocycles. The fraction of sp³-hybridized carbons (Fsp3) is 0.345. The van der Waals surface area contributed by atoms with E-state index in [1.54, 1.807) is 32.9 Å². The van der Waals surface area contributed by atoms with Gasteiger partial charge in [0.2, 0.25) is 5.95 Å². The first-order valence-corrected chi connectivity index (χ1v) is 14.4. The van der Waals surface area contributed by atoms with E-state index in [2.05, 4.69) is 31.3 Å². The van der Waals surface area contributed by atoms with Gasteiger partial charge in [0.25, 0.3) is 11.5 Å². The average molecular weight is 676 g/mol. The van der Waals surface area contributed by atoms with Crippen LogP contribution < -0.4 is 10.9 Å². The van der Waals surface area contributed by atoms with Crippen molar-refractivity contribution in [2.75, 3.05) is 18.5 Å². The summed E-state index contributed by atoms with van der Waals surface area (Å²) in [4.78, 5) is 38.2. The van der Waals surface area contributed by atoms with Crippen LogP contribution in [0.3, 0.4) is 0 Å². The molecule has 0 fully saturated rings. The Balaban J connectivity index is 1.56. The molecule has 1 aliphatic heterocycles. The summed E-state index contributed by atoms with van der Waals surface area (Å²) in [6.07, 6.45) is -4.03. The number of anilines is 1. The molecule has 0 radical (unpaired) electrons. The quantitative estimate of drug-likeness (QED) is 0.270. The van der Waals surface area contributed by atoms with E-state index in [1.165, 1.54) is 32.5 Å². The van der Waals surface area contributed by atoms with Crippen LogP contribution in [-0.2, 0) is 19.1 Å². The summed E-state index contributed by atoms with van der Waals surface area (Å²) in [6, 6.07) is 7.91. The number of hydrogen-bond donors (Lipinski definition) is 3. The molecule has 4 heterocycles. The number of aryl methyl sites for hydroxylation is 2. The number of halogens is 4. The number of aliphatic hydroxyl groups is 2. The minimum atomic E-state index is -4.65. The van der Waals surface area contributed by atoms with Gasteiger partial charge in [0.1, 0.15) is 5.82 Å². The van der Waals surface area contributed by atoms with Crippen LogP contribution in [0.5, 0.6) is 0 Å². The minimum Gasteiger partial charge on any atom is -0.394 e. The van der Waals surface area contributed by atoms with Gasteiger partial charge in [0, 0.05) is 33.9 Å². The number of carbonyl (C=O) groups is 1. The molecule has 0 saturated carbocycles. The predicted octanol–water partition coefficient (Wildman–Crippen LogP) is 3.56. The molecule has 15 heteroatoms.